The number of nitriles is 1. The Morgan fingerprint density at radius 3 is 2.66 bits per heavy atom. The summed E-state index contributed by atoms with van der Waals surface area (Å²) in [5.41, 5.74) is 2.84. The van der Waals surface area contributed by atoms with Crippen molar-refractivity contribution in [3.05, 3.63) is 23.3 Å². The van der Waals surface area contributed by atoms with Crippen LogP contribution in [0.4, 0.5) is 0 Å². The van der Waals surface area contributed by atoms with Gasteiger partial charge in [-0.2, -0.15) is 5.26 Å². The van der Waals surface area contributed by atoms with E-state index in [-0.39, 0.29) is 0 Å². The van der Waals surface area contributed by atoms with Crippen LogP contribution in [0.5, 0.6) is 11.5 Å². The number of aliphatic imine (C=N–C) groups is 1. The van der Waals surface area contributed by atoms with E-state index in [0.717, 1.165) is 23.3 Å². The monoisotopic (exact) mass is 417 g/mol. The van der Waals surface area contributed by atoms with E-state index in [0.29, 0.717) is 36.4 Å². The first-order chi connectivity index (χ1) is 14.2. The van der Waals surface area contributed by atoms with Gasteiger partial charge in [0.05, 0.1) is 32.1 Å². The average molecular weight is 418 g/mol. The third kappa shape index (κ3) is 5.65. The number of fused-ring (bicyclic) bond motifs is 1. The Kier molecular flexibility index (Phi) is 8.22. The van der Waals surface area contributed by atoms with Crippen LogP contribution in [0.25, 0.3) is 0 Å². The van der Waals surface area contributed by atoms with Gasteiger partial charge in [0.15, 0.2) is 11.5 Å². The Balaban J connectivity index is 1.61. The minimum atomic E-state index is -0.480. The van der Waals surface area contributed by atoms with Gasteiger partial charge in [0.2, 0.25) is 0 Å². The predicted octanol–water partition coefficient (Wildman–Crippen LogP) is 2.96. The number of nitrogens with one attached hydrogen (secondary N) is 1. The topological polar surface area (TPSA) is 86.9 Å². The van der Waals surface area contributed by atoms with E-state index in [9.17, 15) is 10.4 Å². The largest absolute Gasteiger partial charge is 0.493 e. The lowest BCUT2D eigenvalue weighted by molar-refractivity contribution is 0.185. The second-order valence-electron chi connectivity index (χ2n) is 7.62. The Morgan fingerprint density at radius 1 is 1.24 bits per heavy atom. The lowest BCUT2D eigenvalue weighted by atomic mass is 9.95. The molecule has 1 saturated carbocycles. The minimum absolute atomic E-state index is 0.420. The number of aliphatic hydroxyl groups excluding tert-OH is 1. The van der Waals surface area contributed by atoms with E-state index in [1.165, 1.54) is 43.9 Å². The van der Waals surface area contributed by atoms with E-state index in [1.54, 1.807) is 14.2 Å². The number of nitrogens with zero attached hydrogens (tertiary/aromatic N) is 2. The second-order valence-corrected chi connectivity index (χ2v) is 8.76. The van der Waals surface area contributed by atoms with Crippen LogP contribution in [-0.2, 0) is 6.42 Å². The zero-order chi connectivity index (χ0) is 20.6. The van der Waals surface area contributed by atoms with Gasteiger partial charge in [0, 0.05) is 30.4 Å². The highest BCUT2D eigenvalue weighted by Gasteiger charge is 2.26. The van der Waals surface area contributed by atoms with Gasteiger partial charge in [-0.05, 0) is 37.0 Å². The summed E-state index contributed by atoms with van der Waals surface area (Å²) in [6.07, 6.45) is 6.58. The number of thioether (sulfide) groups is 1. The quantitative estimate of drug-likeness (QED) is 0.642. The lowest BCUT2D eigenvalue weighted by Crippen LogP contribution is -2.38. The van der Waals surface area contributed by atoms with Crippen LogP contribution in [0.15, 0.2) is 17.1 Å². The van der Waals surface area contributed by atoms with Crippen molar-refractivity contribution in [3.8, 4) is 17.6 Å². The molecular weight excluding hydrogens is 386 g/mol. The minimum Gasteiger partial charge on any atom is -0.493 e. The van der Waals surface area contributed by atoms with Gasteiger partial charge in [-0.3, -0.25) is 4.99 Å². The molecule has 1 aromatic rings. The zero-order valence-electron chi connectivity index (χ0n) is 17.3. The summed E-state index contributed by atoms with van der Waals surface area (Å²) in [6.45, 7) is 1.23. The number of ether oxygens (including phenoxy) is 2. The third-order valence-corrected chi connectivity index (χ3v) is 6.86. The van der Waals surface area contributed by atoms with Crippen LogP contribution in [0, 0.1) is 11.3 Å². The summed E-state index contributed by atoms with van der Waals surface area (Å²) in [6, 6.07) is 6.78. The van der Waals surface area contributed by atoms with Crippen LogP contribution in [-0.4, -0.2) is 61.3 Å². The molecule has 1 aromatic carbocycles. The summed E-state index contributed by atoms with van der Waals surface area (Å²) in [5.74, 6) is 1.83. The van der Waals surface area contributed by atoms with Gasteiger partial charge in [-0.25, -0.2) is 0 Å². The van der Waals surface area contributed by atoms with E-state index in [2.05, 4.69) is 16.4 Å². The van der Waals surface area contributed by atoms with Crippen molar-refractivity contribution in [1.82, 2.24) is 5.32 Å². The van der Waals surface area contributed by atoms with Crippen molar-refractivity contribution in [2.75, 3.05) is 33.1 Å². The number of aliphatic hydroxyl groups is 1. The van der Waals surface area contributed by atoms with Gasteiger partial charge < -0.3 is 19.9 Å². The highest BCUT2D eigenvalue weighted by atomic mass is 32.2. The van der Waals surface area contributed by atoms with Gasteiger partial charge in [0.1, 0.15) is 5.25 Å². The molecule has 158 valence electrons. The number of rotatable bonds is 9. The molecule has 1 aliphatic heterocycles. The number of methoxy groups -OCH3 is 2. The molecule has 1 heterocycles. The van der Waals surface area contributed by atoms with Crippen molar-refractivity contribution in [1.29, 1.82) is 5.26 Å². The molecule has 0 aromatic heterocycles. The van der Waals surface area contributed by atoms with Crippen molar-refractivity contribution in [2.45, 2.75) is 55.9 Å². The first-order valence-electron chi connectivity index (χ1n) is 10.4. The molecule has 29 heavy (non-hydrogen) atoms. The maximum Gasteiger partial charge on any atom is 0.161 e. The first-order valence-corrected chi connectivity index (χ1v) is 11.4. The molecule has 3 rings (SSSR count). The fraction of sp³-hybridized carbons (Fsp3) is 0.636. The molecule has 7 heteroatoms. The van der Waals surface area contributed by atoms with Crippen LogP contribution < -0.4 is 14.8 Å². The van der Waals surface area contributed by atoms with E-state index < -0.39 is 11.4 Å². The van der Waals surface area contributed by atoms with Gasteiger partial charge >= 0.3 is 0 Å². The van der Waals surface area contributed by atoms with Crippen LogP contribution in [0.1, 0.15) is 43.2 Å². The Bertz CT molecular complexity index is 756. The predicted molar refractivity (Wildman–Crippen MR) is 117 cm³/mol. The smallest absolute Gasteiger partial charge is 0.161 e. The number of benzene rings is 1. The molecule has 0 saturated heterocycles. The van der Waals surface area contributed by atoms with Crippen LogP contribution >= 0.6 is 11.8 Å². The maximum absolute atomic E-state index is 10.4. The van der Waals surface area contributed by atoms with Crippen molar-refractivity contribution >= 4 is 17.5 Å². The number of hydrogen-bond acceptors (Lipinski definition) is 7. The highest BCUT2D eigenvalue weighted by Crippen LogP contribution is 2.34. The average Bonchev–Trinajstić information content (AvgIpc) is 2.77. The Morgan fingerprint density at radius 2 is 1.97 bits per heavy atom. The van der Waals surface area contributed by atoms with E-state index in [4.69, 9.17) is 9.47 Å². The highest BCUT2D eigenvalue weighted by molar-refractivity contribution is 8.00. The second kappa shape index (κ2) is 10.9. The Labute approximate surface area is 177 Å². The molecule has 1 aliphatic carbocycles. The van der Waals surface area contributed by atoms with Crippen LogP contribution in [0.2, 0.25) is 0 Å². The van der Waals surface area contributed by atoms with E-state index in [1.807, 2.05) is 12.1 Å². The summed E-state index contributed by atoms with van der Waals surface area (Å²) in [4.78, 5) is 4.65. The fourth-order valence-electron chi connectivity index (χ4n) is 4.03. The fourth-order valence-corrected chi connectivity index (χ4v) is 4.99. The lowest BCUT2D eigenvalue weighted by Gasteiger charge is -2.25. The summed E-state index contributed by atoms with van der Waals surface area (Å²) in [7, 11) is 3.23. The van der Waals surface area contributed by atoms with Crippen molar-refractivity contribution in [2.24, 2.45) is 4.99 Å². The SMILES string of the molecule is COc1cc2c(cc1OC)C(C(C#N)SCC(O)CNC1CCCCC1)=NCC2. The Hall–Kier alpha value is -1.75. The molecule has 1 fully saturated rings. The molecule has 2 aliphatic rings. The molecule has 2 N–H and O–H groups in total. The molecule has 0 radical (unpaired) electrons. The normalized spacial score (nSPS) is 18.9. The summed E-state index contributed by atoms with van der Waals surface area (Å²) >= 11 is 1.46. The molecule has 2 unspecified atom stereocenters. The molecule has 6 nitrogen and oxygen atoms in total. The van der Waals surface area contributed by atoms with Gasteiger partial charge in [-0.15, -0.1) is 11.8 Å². The molecule has 0 spiro atoms. The van der Waals surface area contributed by atoms with Crippen molar-refractivity contribution in [3.63, 3.8) is 0 Å². The van der Waals surface area contributed by atoms with E-state index >= 15 is 0 Å². The summed E-state index contributed by atoms with van der Waals surface area (Å²) < 4.78 is 10.8. The van der Waals surface area contributed by atoms with Crippen molar-refractivity contribution < 1.29 is 14.6 Å². The maximum atomic E-state index is 10.4. The standard InChI is InChI=1S/C22H31N3O3S/c1-27-19-10-15-8-9-24-22(18(15)11-20(19)28-2)21(12-23)29-14-17(26)13-25-16-6-4-3-5-7-16/h10-11,16-17,21,25-26H,3-9,13-14H2,1-2H3. The van der Waals surface area contributed by atoms with Gasteiger partial charge in [0.25, 0.3) is 0 Å². The molecule has 2 atom stereocenters. The number of hydrogen-bond donors (Lipinski definition) is 2. The molecular formula is C22H31N3O3S. The molecule has 0 bridgehead atoms. The zero-order valence-corrected chi connectivity index (χ0v) is 18.1. The molecule has 0 amide bonds. The first kappa shape index (κ1) is 21.9. The third-order valence-electron chi connectivity index (χ3n) is 5.62. The van der Waals surface area contributed by atoms with Crippen LogP contribution in [0.3, 0.4) is 0 Å². The summed E-state index contributed by atoms with van der Waals surface area (Å²) in [5, 5.41) is 23.2. The van der Waals surface area contributed by atoms with Gasteiger partial charge in [-0.1, -0.05) is 19.3 Å².